The molecule has 0 bridgehead atoms. The van der Waals surface area contributed by atoms with Gasteiger partial charge in [-0.15, -0.1) is 0 Å². The van der Waals surface area contributed by atoms with Crippen LogP contribution in [0.1, 0.15) is 250 Å². The van der Waals surface area contributed by atoms with Gasteiger partial charge in [-0.3, -0.25) is 19.2 Å². The number of methoxy groups -OCH3 is 1. The Morgan fingerprint density at radius 1 is 0.559 bits per heavy atom. The molecule has 0 radical (unpaired) electrons. The van der Waals surface area contributed by atoms with Crippen molar-refractivity contribution in [3.05, 3.63) is 47.3 Å². The van der Waals surface area contributed by atoms with Crippen LogP contribution < -0.4 is 0 Å². The molecule has 0 aliphatic carbocycles. The number of Topliss-reactive ketones (excluding diaryl/α,β-unsaturated/α-hetero) is 2. The van der Waals surface area contributed by atoms with Crippen molar-refractivity contribution in [2.75, 3.05) is 13.7 Å². The third-order valence-corrected chi connectivity index (χ3v) is 9.93. The summed E-state index contributed by atoms with van der Waals surface area (Å²) in [6, 6.07) is 7.63. The van der Waals surface area contributed by atoms with E-state index in [2.05, 4.69) is 27.7 Å². The fourth-order valence-electron chi connectivity index (χ4n) is 5.26. The van der Waals surface area contributed by atoms with Crippen molar-refractivity contribution in [3.8, 4) is 0 Å². The second kappa shape index (κ2) is 59.6. The highest BCUT2D eigenvalue weighted by Crippen LogP contribution is 2.15. The van der Waals surface area contributed by atoms with Crippen LogP contribution in [0.2, 0.25) is 0 Å². The molecular formula is C57H108O11. The Morgan fingerprint density at radius 2 is 0.985 bits per heavy atom. The Balaban J connectivity index is -0.000000188. The van der Waals surface area contributed by atoms with Crippen molar-refractivity contribution in [1.82, 2.24) is 0 Å². The molecule has 0 aromatic carbocycles. The fourth-order valence-corrected chi connectivity index (χ4v) is 5.26. The number of unbranched alkanes of at least 4 members (excludes halogenated alkanes) is 4. The average molecular weight is 969 g/mol. The number of carbonyl (C=O) groups excluding carboxylic acids is 5. The maximum atomic E-state index is 11.7. The van der Waals surface area contributed by atoms with Crippen molar-refractivity contribution in [1.29, 1.82) is 0 Å². The summed E-state index contributed by atoms with van der Waals surface area (Å²) in [5.41, 5.74) is 0. The third kappa shape index (κ3) is 51.8. The lowest BCUT2D eigenvalue weighted by Crippen LogP contribution is -2.10. The summed E-state index contributed by atoms with van der Waals surface area (Å²) in [6.45, 7) is 35.1. The number of aldehydes is 1. The van der Waals surface area contributed by atoms with Crippen LogP contribution in [-0.4, -0.2) is 54.7 Å². The summed E-state index contributed by atoms with van der Waals surface area (Å²) in [5, 5.41) is 8.36. The Labute approximate surface area is 418 Å². The lowest BCUT2D eigenvalue weighted by molar-refractivity contribution is -0.146. The lowest BCUT2D eigenvalue weighted by Gasteiger charge is -2.07. The van der Waals surface area contributed by atoms with E-state index in [0.717, 1.165) is 107 Å². The van der Waals surface area contributed by atoms with E-state index < -0.39 is 0 Å². The summed E-state index contributed by atoms with van der Waals surface area (Å²) < 4.78 is 26.4. The van der Waals surface area contributed by atoms with E-state index in [1.54, 1.807) is 7.11 Å². The quantitative estimate of drug-likeness (QED) is 0.0451. The van der Waals surface area contributed by atoms with Gasteiger partial charge in [0.05, 0.1) is 6.10 Å². The molecular weight excluding hydrogens is 861 g/mol. The number of hydrogen-bond donors (Lipinski definition) is 1. The molecule has 0 fully saturated rings. The summed E-state index contributed by atoms with van der Waals surface area (Å²) in [5.74, 6) is 4.43. The second-order valence-corrected chi connectivity index (χ2v) is 15.9. The van der Waals surface area contributed by atoms with Crippen molar-refractivity contribution in [2.24, 2.45) is 17.8 Å². The van der Waals surface area contributed by atoms with Crippen molar-refractivity contribution >= 4 is 29.8 Å². The number of ketones is 2. The Kier molecular flexibility index (Phi) is 66.5. The largest absolute Gasteiger partial charge is 0.462 e. The molecule has 0 saturated carbocycles. The van der Waals surface area contributed by atoms with E-state index >= 15 is 0 Å². The summed E-state index contributed by atoms with van der Waals surface area (Å²) >= 11 is 0. The highest BCUT2D eigenvalue weighted by molar-refractivity contribution is 5.81. The summed E-state index contributed by atoms with van der Waals surface area (Å²) in [4.78, 5) is 55.9. The zero-order chi connectivity index (χ0) is 53.6. The normalized spacial score (nSPS) is 11.0. The molecule has 11 nitrogen and oxygen atoms in total. The van der Waals surface area contributed by atoms with Gasteiger partial charge in [-0.05, 0) is 108 Å². The van der Waals surface area contributed by atoms with Gasteiger partial charge >= 0.3 is 11.9 Å². The number of esters is 2. The van der Waals surface area contributed by atoms with Gasteiger partial charge in [0.15, 0.2) is 0 Å². The van der Waals surface area contributed by atoms with E-state index in [4.69, 9.17) is 28.2 Å². The molecule has 2 aromatic heterocycles. The maximum Gasteiger partial charge on any atom is 0.306 e. The summed E-state index contributed by atoms with van der Waals surface area (Å²) in [6.07, 6.45) is 16.6. The van der Waals surface area contributed by atoms with E-state index in [1.165, 1.54) is 0 Å². The van der Waals surface area contributed by atoms with Gasteiger partial charge in [0.2, 0.25) is 0 Å². The van der Waals surface area contributed by atoms with Gasteiger partial charge < -0.3 is 32.9 Å². The third-order valence-electron chi connectivity index (χ3n) is 9.93. The number of rotatable bonds is 30. The van der Waals surface area contributed by atoms with Crippen LogP contribution in [0.5, 0.6) is 0 Å². The smallest absolute Gasteiger partial charge is 0.306 e. The van der Waals surface area contributed by atoms with Crippen molar-refractivity contribution < 1.29 is 52.1 Å². The number of carbonyl (C=O) groups is 5. The molecule has 0 amide bonds. The first-order chi connectivity index (χ1) is 32.7. The van der Waals surface area contributed by atoms with Crippen LogP contribution >= 0.6 is 0 Å². The van der Waals surface area contributed by atoms with Crippen LogP contribution in [0.15, 0.2) is 33.1 Å². The standard InChI is InChI=1S/C18H28O4.C15H24O3.C10H18O2.C6H14O2.4C2H6/c1-4-8-15-11-12-16(22-15)13-21-18(20)10-7-6-9-17(19)14(3)5-2;1-4-5-6-13-8-9-14(18-13)11-17-15(16)10-7-12(2)3;1-3-9(2)10(12)7-5-4-6-8-11;1-6(8-2)4-3-5-7;4*1-2/h11-12,14H,4-10,13H2,1-3H3;8-9,12H,4-7,10-11H2,1-3H3;8-9H,3-7H2,1-2H3;6-7H,3-5H2,1-2H3;4*1-2H3. The van der Waals surface area contributed by atoms with Gasteiger partial charge in [-0.2, -0.15) is 0 Å². The molecule has 2 rings (SSSR count). The van der Waals surface area contributed by atoms with Gasteiger partial charge in [-0.25, -0.2) is 0 Å². The molecule has 3 atom stereocenters. The van der Waals surface area contributed by atoms with E-state index in [-0.39, 0.29) is 49.4 Å². The molecule has 0 aliphatic heterocycles. The molecule has 0 aliphatic rings. The molecule has 11 heteroatoms. The zero-order valence-electron chi connectivity index (χ0n) is 47.3. The molecule has 2 aromatic rings. The Bertz CT molecular complexity index is 1360. The highest BCUT2D eigenvalue weighted by atomic mass is 16.5. The molecule has 2 heterocycles. The fraction of sp³-hybridized carbons (Fsp3) is 0.772. The minimum atomic E-state index is -0.232. The number of furan rings is 2. The van der Waals surface area contributed by atoms with Gasteiger partial charge in [0.25, 0.3) is 0 Å². The molecule has 0 spiro atoms. The van der Waals surface area contributed by atoms with Crippen LogP contribution in [0, 0.1) is 17.8 Å². The molecule has 402 valence electrons. The minimum absolute atomic E-state index is 0.128. The van der Waals surface area contributed by atoms with E-state index in [1.807, 2.05) is 114 Å². The first kappa shape index (κ1) is 75.9. The topological polar surface area (TPSA) is 160 Å². The van der Waals surface area contributed by atoms with Crippen LogP contribution in [0.4, 0.5) is 0 Å². The van der Waals surface area contributed by atoms with Crippen LogP contribution in [-0.2, 0) is 64.2 Å². The number of aryl methyl sites for hydroxylation is 2. The van der Waals surface area contributed by atoms with Crippen LogP contribution in [0.25, 0.3) is 0 Å². The van der Waals surface area contributed by atoms with Crippen molar-refractivity contribution in [2.45, 2.75) is 259 Å². The number of aliphatic hydroxyl groups is 1. The molecule has 68 heavy (non-hydrogen) atoms. The van der Waals surface area contributed by atoms with Gasteiger partial charge in [0.1, 0.15) is 54.1 Å². The first-order valence-corrected chi connectivity index (χ1v) is 26.8. The minimum Gasteiger partial charge on any atom is -0.462 e. The predicted molar refractivity (Wildman–Crippen MR) is 284 cm³/mol. The number of aliphatic hydroxyl groups excluding tert-OH is 1. The Morgan fingerprint density at radius 3 is 1.38 bits per heavy atom. The van der Waals surface area contributed by atoms with Gasteiger partial charge in [-0.1, -0.05) is 117 Å². The predicted octanol–water partition coefficient (Wildman–Crippen LogP) is 15.8. The molecule has 3 unspecified atom stereocenters. The molecule has 0 saturated heterocycles. The van der Waals surface area contributed by atoms with Crippen LogP contribution in [0.3, 0.4) is 0 Å². The SMILES string of the molecule is CC.CC.CC.CC.CCC(C)C(=O)CCCCC=O.CCCCc1ccc(COC(=O)CCC(C)C)o1.CCCc1ccc(COC(=O)CCCCC(=O)C(C)CC)o1.COC(C)CCCO. The van der Waals surface area contributed by atoms with Gasteiger partial charge in [0, 0.05) is 70.5 Å². The Hall–Kier alpha value is -3.57. The second-order valence-electron chi connectivity index (χ2n) is 15.9. The highest BCUT2D eigenvalue weighted by Gasteiger charge is 2.12. The van der Waals surface area contributed by atoms with Crippen molar-refractivity contribution in [3.63, 3.8) is 0 Å². The van der Waals surface area contributed by atoms with E-state index in [9.17, 15) is 24.0 Å². The lowest BCUT2D eigenvalue weighted by atomic mass is 9.99. The van der Waals surface area contributed by atoms with E-state index in [0.29, 0.717) is 62.1 Å². The zero-order valence-corrected chi connectivity index (χ0v) is 47.3. The first-order valence-electron chi connectivity index (χ1n) is 26.8. The maximum absolute atomic E-state index is 11.7. The average Bonchev–Trinajstić information content (AvgIpc) is 4.04. The molecule has 1 N–H and O–H groups in total. The monoisotopic (exact) mass is 969 g/mol. The number of hydrogen-bond acceptors (Lipinski definition) is 11. The number of ether oxygens (including phenoxy) is 3. The summed E-state index contributed by atoms with van der Waals surface area (Å²) in [7, 11) is 1.68.